The van der Waals surface area contributed by atoms with E-state index in [1.54, 1.807) is 0 Å². The molecule has 3 aliphatic carbocycles. The Bertz CT molecular complexity index is 141. The van der Waals surface area contributed by atoms with E-state index in [-0.39, 0.29) is 6.67 Å². The van der Waals surface area contributed by atoms with Gasteiger partial charge in [-0.25, -0.2) is 0 Å². The van der Waals surface area contributed by atoms with Crippen LogP contribution in [0, 0.1) is 10.8 Å². The molecule has 2 heteroatoms. The molecule has 0 saturated heterocycles. The van der Waals surface area contributed by atoms with E-state index in [4.69, 9.17) is 5.73 Å². The molecule has 0 spiro atoms. The lowest BCUT2D eigenvalue weighted by atomic mass is 9.34. The van der Waals surface area contributed by atoms with Crippen LogP contribution in [0.2, 0.25) is 0 Å². The average Bonchev–Trinajstić information content (AvgIpc) is 1.83. The van der Waals surface area contributed by atoms with E-state index >= 15 is 0 Å². The zero-order valence-corrected chi connectivity index (χ0v) is 6.91. The second-order valence-corrected chi connectivity index (χ2v) is 4.53. The van der Waals surface area contributed by atoms with Crippen LogP contribution in [-0.4, -0.2) is 13.2 Å². The Hall–Kier alpha value is -0.110. The van der Waals surface area contributed by atoms with Crippen LogP contribution in [0.3, 0.4) is 0 Å². The van der Waals surface area contributed by atoms with Gasteiger partial charge in [-0.1, -0.05) is 0 Å². The van der Waals surface area contributed by atoms with Gasteiger partial charge in [-0.15, -0.1) is 0 Å². The van der Waals surface area contributed by atoms with Crippen molar-refractivity contribution in [3.05, 3.63) is 0 Å². The van der Waals surface area contributed by atoms with E-state index in [9.17, 15) is 4.39 Å². The third-order valence-electron chi connectivity index (χ3n) is 3.52. The average molecular weight is 157 g/mol. The highest BCUT2D eigenvalue weighted by Gasteiger charge is 2.65. The lowest BCUT2D eigenvalue weighted by molar-refractivity contribution is -0.201. The first-order valence-electron chi connectivity index (χ1n) is 4.50. The molecule has 0 atom stereocenters. The van der Waals surface area contributed by atoms with Crippen LogP contribution in [0.4, 0.5) is 4.39 Å². The molecule has 0 amide bonds. The second kappa shape index (κ2) is 2.19. The molecule has 0 aromatic rings. The highest BCUT2D eigenvalue weighted by molar-refractivity contribution is 5.16. The van der Waals surface area contributed by atoms with Crippen LogP contribution in [0.5, 0.6) is 0 Å². The van der Waals surface area contributed by atoms with Crippen LogP contribution >= 0.6 is 0 Å². The van der Waals surface area contributed by atoms with Gasteiger partial charge in [0.15, 0.2) is 0 Å². The molecule has 3 aliphatic rings. The maximum Gasteiger partial charge on any atom is 0.0894 e. The number of nitrogens with two attached hydrogens (primary N) is 1. The van der Waals surface area contributed by atoms with Crippen molar-refractivity contribution in [2.45, 2.75) is 32.1 Å². The minimum Gasteiger partial charge on any atom is -0.330 e. The quantitative estimate of drug-likeness (QED) is 0.662. The Morgan fingerprint density at radius 2 is 1.82 bits per heavy atom. The van der Waals surface area contributed by atoms with E-state index in [1.807, 2.05) is 0 Å². The predicted octanol–water partition coefficient (Wildman–Crippen LogP) is 1.87. The first-order valence-corrected chi connectivity index (χ1v) is 4.50. The largest absolute Gasteiger partial charge is 0.330 e. The normalized spacial score (nSPS) is 46.4. The summed E-state index contributed by atoms with van der Waals surface area (Å²) in [6.07, 6.45) is 5.73. The molecule has 0 unspecified atom stereocenters. The van der Waals surface area contributed by atoms with Crippen molar-refractivity contribution in [3.63, 3.8) is 0 Å². The SMILES string of the molecule is NCC12CC(CCCF)(C1)C2. The minimum absolute atomic E-state index is 0.141. The van der Waals surface area contributed by atoms with Gasteiger partial charge in [-0.3, -0.25) is 4.39 Å². The molecular formula is C9H16FN. The highest BCUT2D eigenvalue weighted by atomic mass is 19.1. The van der Waals surface area contributed by atoms with Gasteiger partial charge >= 0.3 is 0 Å². The van der Waals surface area contributed by atoms with E-state index < -0.39 is 0 Å². The van der Waals surface area contributed by atoms with E-state index in [0.717, 1.165) is 19.4 Å². The van der Waals surface area contributed by atoms with Crippen LogP contribution in [0.1, 0.15) is 32.1 Å². The van der Waals surface area contributed by atoms with Gasteiger partial charge in [0.05, 0.1) is 6.67 Å². The van der Waals surface area contributed by atoms with Crippen molar-refractivity contribution in [2.75, 3.05) is 13.2 Å². The van der Waals surface area contributed by atoms with Gasteiger partial charge in [0.1, 0.15) is 0 Å². The smallest absolute Gasteiger partial charge is 0.0894 e. The van der Waals surface area contributed by atoms with Crippen molar-refractivity contribution in [3.8, 4) is 0 Å². The van der Waals surface area contributed by atoms with Crippen molar-refractivity contribution in [1.29, 1.82) is 0 Å². The molecule has 2 bridgehead atoms. The topological polar surface area (TPSA) is 26.0 Å². The van der Waals surface area contributed by atoms with Gasteiger partial charge < -0.3 is 5.73 Å². The summed E-state index contributed by atoms with van der Waals surface area (Å²) >= 11 is 0. The molecule has 0 aliphatic heterocycles. The highest BCUT2D eigenvalue weighted by Crippen LogP contribution is 2.74. The molecule has 0 heterocycles. The van der Waals surface area contributed by atoms with Crippen LogP contribution in [0.15, 0.2) is 0 Å². The Morgan fingerprint density at radius 3 is 2.27 bits per heavy atom. The lowest BCUT2D eigenvalue weighted by Crippen LogP contribution is -2.64. The van der Waals surface area contributed by atoms with Gasteiger partial charge in [0, 0.05) is 0 Å². The monoisotopic (exact) mass is 157 g/mol. The van der Waals surface area contributed by atoms with Crippen molar-refractivity contribution >= 4 is 0 Å². The molecule has 64 valence electrons. The zero-order chi connectivity index (χ0) is 7.95. The van der Waals surface area contributed by atoms with Crippen molar-refractivity contribution in [1.82, 2.24) is 0 Å². The summed E-state index contributed by atoms with van der Waals surface area (Å²) in [6, 6.07) is 0. The number of hydrogen-bond acceptors (Lipinski definition) is 1. The molecule has 3 fully saturated rings. The number of halogens is 1. The standard InChI is InChI=1S/C9H16FN/c10-3-1-2-8-4-9(5-8,6-8)7-11/h1-7,11H2. The Labute approximate surface area is 67.2 Å². The maximum atomic E-state index is 11.9. The summed E-state index contributed by atoms with van der Waals surface area (Å²) in [4.78, 5) is 0. The number of rotatable bonds is 4. The van der Waals surface area contributed by atoms with Gasteiger partial charge in [0.2, 0.25) is 0 Å². The fraction of sp³-hybridized carbons (Fsp3) is 1.00. The summed E-state index contributed by atoms with van der Waals surface area (Å²) in [5.41, 5.74) is 6.70. The number of hydrogen-bond donors (Lipinski definition) is 1. The molecular weight excluding hydrogens is 141 g/mol. The van der Waals surface area contributed by atoms with Crippen LogP contribution < -0.4 is 5.73 Å². The fourth-order valence-electron chi connectivity index (χ4n) is 3.15. The fourth-order valence-corrected chi connectivity index (χ4v) is 3.15. The zero-order valence-electron chi connectivity index (χ0n) is 6.91. The van der Waals surface area contributed by atoms with E-state index in [0.29, 0.717) is 10.8 Å². The molecule has 1 nitrogen and oxygen atoms in total. The first-order chi connectivity index (χ1) is 5.24. The molecule has 2 N–H and O–H groups in total. The van der Waals surface area contributed by atoms with Gasteiger partial charge in [0.25, 0.3) is 0 Å². The molecule has 0 radical (unpaired) electrons. The summed E-state index contributed by atoms with van der Waals surface area (Å²) < 4.78 is 11.9. The predicted molar refractivity (Wildman–Crippen MR) is 43.0 cm³/mol. The second-order valence-electron chi connectivity index (χ2n) is 4.53. The third-order valence-corrected chi connectivity index (χ3v) is 3.52. The summed E-state index contributed by atoms with van der Waals surface area (Å²) in [7, 11) is 0. The summed E-state index contributed by atoms with van der Waals surface area (Å²) in [6.45, 7) is 0.710. The van der Waals surface area contributed by atoms with E-state index in [2.05, 4.69) is 0 Å². The Balaban J connectivity index is 1.76. The molecule has 0 aromatic carbocycles. The van der Waals surface area contributed by atoms with E-state index in [1.165, 1.54) is 19.3 Å². The summed E-state index contributed by atoms with van der Waals surface area (Å²) in [5, 5.41) is 0. The third kappa shape index (κ3) is 0.919. The number of alkyl halides is 1. The van der Waals surface area contributed by atoms with Crippen molar-refractivity contribution in [2.24, 2.45) is 16.6 Å². The molecule has 3 rings (SSSR count). The maximum absolute atomic E-state index is 11.9. The Morgan fingerprint density at radius 1 is 1.18 bits per heavy atom. The lowest BCUT2D eigenvalue weighted by Gasteiger charge is -2.71. The Kier molecular flexibility index (Phi) is 1.50. The molecule has 0 aromatic heterocycles. The van der Waals surface area contributed by atoms with Crippen LogP contribution in [-0.2, 0) is 0 Å². The first kappa shape index (κ1) is 7.53. The minimum atomic E-state index is -0.141. The van der Waals surface area contributed by atoms with Crippen molar-refractivity contribution < 1.29 is 4.39 Å². The van der Waals surface area contributed by atoms with Gasteiger partial charge in [-0.05, 0) is 49.5 Å². The molecule has 11 heavy (non-hydrogen) atoms. The summed E-state index contributed by atoms with van der Waals surface area (Å²) in [5.74, 6) is 0. The van der Waals surface area contributed by atoms with Gasteiger partial charge in [-0.2, -0.15) is 0 Å². The van der Waals surface area contributed by atoms with Crippen LogP contribution in [0.25, 0.3) is 0 Å². The molecule has 3 saturated carbocycles.